The molecule has 1 aromatic rings. The van der Waals surface area contributed by atoms with E-state index < -0.39 is 0 Å². The molecule has 1 rings (SSSR count). The van der Waals surface area contributed by atoms with Crippen LogP contribution in [0.15, 0.2) is 6.20 Å². The maximum atomic E-state index is 4.27. The summed E-state index contributed by atoms with van der Waals surface area (Å²) in [5.41, 5.74) is 1.06. The summed E-state index contributed by atoms with van der Waals surface area (Å²) in [7, 11) is 0. The van der Waals surface area contributed by atoms with E-state index in [-0.39, 0.29) is 5.41 Å². The summed E-state index contributed by atoms with van der Waals surface area (Å²) >= 11 is 0. The molecule has 0 radical (unpaired) electrons. The lowest BCUT2D eigenvalue weighted by atomic mass is 9.93. The Morgan fingerprint density at radius 3 is 2.27 bits per heavy atom. The van der Waals surface area contributed by atoms with Gasteiger partial charge in [-0.05, 0) is 6.92 Å². The van der Waals surface area contributed by atoms with Gasteiger partial charge in [-0.3, -0.25) is 0 Å². The van der Waals surface area contributed by atoms with Crippen molar-refractivity contribution in [2.45, 2.75) is 33.1 Å². The fourth-order valence-electron chi connectivity index (χ4n) is 0.754. The highest BCUT2D eigenvalue weighted by atomic mass is 15.1. The first-order valence-corrected chi connectivity index (χ1v) is 3.67. The van der Waals surface area contributed by atoms with Gasteiger partial charge in [0.05, 0.1) is 11.9 Å². The second-order valence-electron chi connectivity index (χ2n) is 3.64. The Morgan fingerprint density at radius 2 is 1.91 bits per heavy atom. The average Bonchev–Trinajstić information content (AvgIpc) is 1.86. The number of aryl methyl sites for hydroxylation is 1. The van der Waals surface area contributed by atoms with Crippen molar-refractivity contribution in [2.24, 2.45) is 0 Å². The monoisotopic (exact) mass is 151 g/mol. The molecule has 0 fully saturated rings. The summed E-state index contributed by atoms with van der Waals surface area (Å²) in [5, 5.41) is 7.63. The molecule has 0 atom stereocenters. The van der Waals surface area contributed by atoms with Crippen molar-refractivity contribution in [3.63, 3.8) is 0 Å². The van der Waals surface area contributed by atoms with Crippen molar-refractivity contribution < 1.29 is 0 Å². The summed E-state index contributed by atoms with van der Waals surface area (Å²) < 4.78 is 0. The highest BCUT2D eigenvalue weighted by molar-refractivity contribution is 5.07. The van der Waals surface area contributed by atoms with E-state index in [1.165, 1.54) is 0 Å². The molecule has 0 aliphatic heterocycles. The van der Waals surface area contributed by atoms with Crippen LogP contribution in [0.4, 0.5) is 0 Å². The van der Waals surface area contributed by atoms with Crippen molar-refractivity contribution in [3.05, 3.63) is 17.7 Å². The molecule has 0 aliphatic rings. The molecule has 11 heavy (non-hydrogen) atoms. The summed E-state index contributed by atoms with van der Waals surface area (Å²) in [4.78, 5) is 4.27. The molecule has 3 nitrogen and oxygen atoms in total. The zero-order valence-electron chi connectivity index (χ0n) is 7.42. The third kappa shape index (κ3) is 1.97. The topological polar surface area (TPSA) is 38.7 Å². The molecular formula is C8H13N3. The van der Waals surface area contributed by atoms with Gasteiger partial charge in [0, 0.05) is 5.41 Å². The minimum absolute atomic E-state index is 0.0701. The summed E-state index contributed by atoms with van der Waals surface area (Å²) in [5.74, 6) is 0.734. The number of rotatable bonds is 0. The predicted molar refractivity (Wildman–Crippen MR) is 43.3 cm³/mol. The molecule has 1 aromatic heterocycles. The van der Waals surface area contributed by atoms with Crippen LogP contribution in [-0.2, 0) is 5.41 Å². The van der Waals surface area contributed by atoms with E-state index in [0.29, 0.717) is 0 Å². The standard InChI is InChI=1S/C8H13N3/c1-6-10-7(5-9-11-6)8(2,3)4/h5H,1-4H3. The molecule has 0 saturated carbocycles. The molecular weight excluding hydrogens is 138 g/mol. The third-order valence-corrected chi connectivity index (χ3v) is 1.43. The normalized spacial score (nSPS) is 11.6. The fourth-order valence-corrected chi connectivity index (χ4v) is 0.754. The maximum Gasteiger partial charge on any atom is 0.148 e. The lowest BCUT2D eigenvalue weighted by Gasteiger charge is -2.16. The van der Waals surface area contributed by atoms with Gasteiger partial charge in [0.25, 0.3) is 0 Å². The molecule has 0 aliphatic carbocycles. The van der Waals surface area contributed by atoms with E-state index in [4.69, 9.17) is 0 Å². The number of hydrogen-bond donors (Lipinski definition) is 0. The van der Waals surface area contributed by atoms with Crippen molar-refractivity contribution >= 4 is 0 Å². The van der Waals surface area contributed by atoms with Crippen molar-refractivity contribution in [1.29, 1.82) is 0 Å². The predicted octanol–water partition coefficient (Wildman–Crippen LogP) is 1.48. The van der Waals surface area contributed by atoms with Crippen molar-refractivity contribution in [1.82, 2.24) is 15.2 Å². The Bertz CT molecular complexity index is 250. The van der Waals surface area contributed by atoms with Gasteiger partial charge in [-0.2, -0.15) is 5.10 Å². The zero-order chi connectivity index (χ0) is 8.48. The largest absolute Gasteiger partial charge is 0.234 e. The van der Waals surface area contributed by atoms with E-state index in [0.717, 1.165) is 11.5 Å². The maximum absolute atomic E-state index is 4.27. The highest BCUT2D eigenvalue weighted by Crippen LogP contribution is 2.17. The molecule has 0 aromatic carbocycles. The SMILES string of the molecule is Cc1nncc(C(C)(C)C)n1. The van der Waals surface area contributed by atoms with Gasteiger partial charge < -0.3 is 0 Å². The van der Waals surface area contributed by atoms with Gasteiger partial charge in [0.1, 0.15) is 5.82 Å². The molecule has 3 heteroatoms. The molecule has 0 spiro atoms. The summed E-state index contributed by atoms with van der Waals surface area (Å²) in [6, 6.07) is 0. The first-order valence-electron chi connectivity index (χ1n) is 3.67. The molecule has 0 unspecified atom stereocenters. The fraction of sp³-hybridized carbons (Fsp3) is 0.625. The van der Waals surface area contributed by atoms with Crippen LogP contribution in [0.5, 0.6) is 0 Å². The molecule has 0 amide bonds. The third-order valence-electron chi connectivity index (χ3n) is 1.43. The average molecular weight is 151 g/mol. The van der Waals surface area contributed by atoms with Gasteiger partial charge in [-0.1, -0.05) is 20.8 Å². The van der Waals surface area contributed by atoms with Gasteiger partial charge in [-0.25, -0.2) is 4.98 Å². The Hall–Kier alpha value is -0.990. The molecule has 60 valence electrons. The number of nitrogens with zero attached hydrogens (tertiary/aromatic N) is 3. The molecule has 0 N–H and O–H groups in total. The van der Waals surface area contributed by atoms with Crippen LogP contribution >= 0.6 is 0 Å². The summed E-state index contributed by atoms with van der Waals surface area (Å²) in [6.45, 7) is 8.17. The second-order valence-corrected chi connectivity index (χ2v) is 3.64. The van der Waals surface area contributed by atoms with Crippen LogP contribution in [0.1, 0.15) is 32.3 Å². The Labute approximate surface area is 66.9 Å². The van der Waals surface area contributed by atoms with E-state index in [1.54, 1.807) is 6.20 Å². The zero-order valence-corrected chi connectivity index (χ0v) is 7.42. The Balaban J connectivity index is 3.06. The smallest absolute Gasteiger partial charge is 0.148 e. The van der Waals surface area contributed by atoms with Crippen LogP contribution in [-0.4, -0.2) is 15.2 Å². The minimum Gasteiger partial charge on any atom is -0.234 e. The van der Waals surface area contributed by atoms with Crippen molar-refractivity contribution in [2.75, 3.05) is 0 Å². The lowest BCUT2D eigenvalue weighted by Crippen LogP contribution is -2.15. The molecule has 1 heterocycles. The lowest BCUT2D eigenvalue weighted by molar-refractivity contribution is 0.557. The van der Waals surface area contributed by atoms with E-state index in [1.807, 2.05) is 6.92 Å². The van der Waals surface area contributed by atoms with Crippen LogP contribution in [0.25, 0.3) is 0 Å². The van der Waals surface area contributed by atoms with Gasteiger partial charge in [0.2, 0.25) is 0 Å². The van der Waals surface area contributed by atoms with Crippen LogP contribution in [0.2, 0.25) is 0 Å². The van der Waals surface area contributed by atoms with Crippen molar-refractivity contribution in [3.8, 4) is 0 Å². The first-order chi connectivity index (χ1) is 5.00. The Kier molecular flexibility index (Phi) is 1.89. The van der Waals surface area contributed by atoms with Gasteiger partial charge in [-0.15, -0.1) is 5.10 Å². The highest BCUT2D eigenvalue weighted by Gasteiger charge is 2.15. The van der Waals surface area contributed by atoms with Gasteiger partial charge >= 0.3 is 0 Å². The first kappa shape index (κ1) is 8.11. The Morgan fingerprint density at radius 1 is 1.27 bits per heavy atom. The van der Waals surface area contributed by atoms with Crippen LogP contribution < -0.4 is 0 Å². The second kappa shape index (κ2) is 2.57. The molecule has 0 bridgehead atoms. The van der Waals surface area contributed by atoms with E-state index >= 15 is 0 Å². The number of hydrogen-bond acceptors (Lipinski definition) is 3. The molecule has 0 saturated heterocycles. The van der Waals surface area contributed by atoms with E-state index in [9.17, 15) is 0 Å². The van der Waals surface area contributed by atoms with Crippen LogP contribution in [0, 0.1) is 6.92 Å². The number of aromatic nitrogens is 3. The van der Waals surface area contributed by atoms with E-state index in [2.05, 4.69) is 36.0 Å². The van der Waals surface area contributed by atoms with Gasteiger partial charge in [0.15, 0.2) is 0 Å². The quantitative estimate of drug-likeness (QED) is 0.563. The summed E-state index contributed by atoms with van der Waals surface area (Å²) in [6.07, 6.45) is 1.72. The van der Waals surface area contributed by atoms with Crippen LogP contribution in [0.3, 0.4) is 0 Å². The minimum atomic E-state index is 0.0701.